The Morgan fingerprint density at radius 3 is 3.12 bits per heavy atom. The molecule has 1 aromatic heterocycles. The maximum absolute atomic E-state index is 10.7. The van der Waals surface area contributed by atoms with Gasteiger partial charge < -0.3 is 10.4 Å². The highest BCUT2D eigenvalue weighted by Crippen LogP contribution is 2.37. The van der Waals surface area contributed by atoms with E-state index >= 15 is 0 Å². The molecule has 1 unspecified atom stereocenters. The summed E-state index contributed by atoms with van der Waals surface area (Å²) in [5.41, 5.74) is 0. The first-order valence-electron chi connectivity index (χ1n) is 5.16. The Kier molecular flexibility index (Phi) is 3.39. The molecule has 0 spiro atoms. The third kappa shape index (κ3) is 2.68. The lowest BCUT2D eigenvalue weighted by Gasteiger charge is -2.22. The van der Waals surface area contributed by atoms with Gasteiger partial charge in [0.2, 0.25) is 0 Å². The van der Waals surface area contributed by atoms with Gasteiger partial charge >= 0.3 is 5.97 Å². The van der Waals surface area contributed by atoms with Crippen LogP contribution in [0.4, 0.5) is 5.13 Å². The normalized spacial score (nSPS) is 24.6. The van der Waals surface area contributed by atoms with E-state index < -0.39 is 5.97 Å². The van der Waals surface area contributed by atoms with E-state index in [0.717, 1.165) is 6.54 Å². The minimum Gasteiger partial charge on any atom is -0.477 e. The summed E-state index contributed by atoms with van der Waals surface area (Å²) in [6, 6.07) is 0. The summed E-state index contributed by atoms with van der Waals surface area (Å²) in [6.45, 7) is 3.09. The van der Waals surface area contributed by atoms with E-state index in [-0.39, 0.29) is 9.62 Å². The Hall–Kier alpha value is -0.750. The average Bonchev–Trinajstić information content (AvgIpc) is 2.84. The van der Waals surface area contributed by atoms with Crippen molar-refractivity contribution in [3.05, 3.63) is 11.1 Å². The summed E-state index contributed by atoms with van der Waals surface area (Å²) in [4.78, 5) is 15.0. The van der Waals surface area contributed by atoms with Crippen LogP contribution in [-0.4, -0.2) is 33.1 Å². The smallest absolute Gasteiger partial charge is 0.347 e. The Labute approximate surface area is 102 Å². The molecule has 2 rings (SSSR count). The molecule has 0 radical (unpaired) electrons. The molecule has 2 N–H and O–H groups in total. The molecule has 1 aromatic rings. The predicted molar refractivity (Wildman–Crippen MR) is 67.7 cm³/mol. The van der Waals surface area contributed by atoms with E-state index in [2.05, 4.69) is 17.2 Å². The van der Waals surface area contributed by atoms with Crippen molar-refractivity contribution in [1.82, 2.24) is 4.98 Å². The van der Waals surface area contributed by atoms with Gasteiger partial charge in [-0.15, -0.1) is 0 Å². The van der Waals surface area contributed by atoms with E-state index in [1.807, 2.05) is 11.8 Å². The van der Waals surface area contributed by atoms with Crippen molar-refractivity contribution in [2.45, 2.75) is 24.5 Å². The number of nitrogens with one attached hydrogen (secondary N) is 1. The second kappa shape index (κ2) is 4.63. The lowest BCUT2D eigenvalue weighted by molar-refractivity contribution is 0.0702. The number of hydrogen-bond acceptors (Lipinski definition) is 5. The van der Waals surface area contributed by atoms with Gasteiger partial charge in [-0.3, -0.25) is 0 Å². The average molecular weight is 258 g/mol. The summed E-state index contributed by atoms with van der Waals surface area (Å²) < 4.78 is 0.273. The Balaban J connectivity index is 1.91. The van der Waals surface area contributed by atoms with Crippen LogP contribution in [0.15, 0.2) is 6.20 Å². The fourth-order valence-electron chi connectivity index (χ4n) is 1.69. The fourth-order valence-corrected chi connectivity index (χ4v) is 3.59. The number of thiazole rings is 1. The Morgan fingerprint density at radius 2 is 2.56 bits per heavy atom. The number of nitrogens with zero attached hydrogens (tertiary/aromatic N) is 1. The van der Waals surface area contributed by atoms with Crippen molar-refractivity contribution in [2.75, 3.05) is 17.6 Å². The highest BCUT2D eigenvalue weighted by molar-refractivity contribution is 8.00. The second-order valence-electron chi connectivity index (χ2n) is 4.09. The molecule has 1 aliphatic rings. The first-order chi connectivity index (χ1) is 7.59. The van der Waals surface area contributed by atoms with Crippen molar-refractivity contribution in [3.63, 3.8) is 0 Å². The molecule has 16 heavy (non-hydrogen) atoms. The molecule has 1 aliphatic heterocycles. The maximum Gasteiger partial charge on any atom is 0.347 e. The van der Waals surface area contributed by atoms with Crippen molar-refractivity contribution >= 4 is 34.2 Å². The first kappa shape index (κ1) is 11.7. The molecule has 0 aromatic carbocycles. The van der Waals surface area contributed by atoms with Crippen LogP contribution in [0.25, 0.3) is 0 Å². The standard InChI is InChI=1S/C10H14N2O2S2/c1-10(3-2-4-15-10)6-12-9-11-5-7(16-9)8(13)14/h5H,2-4,6H2,1H3,(H,11,12)(H,13,14). The number of carbonyl (C=O) groups is 1. The van der Waals surface area contributed by atoms with Gasteiger partial charge in [-0.1, -0.05) is 11.3 Å². The van der Waals surface area contributed by atoms with Crippen LogP contribution in [0.3, 0.4) is 0 Å². The molecule has 1 atom stereocenters. The molecular formula is C10H14N2O2S2. The molecule has 1 fully saturated rings. The van der Waals surface area contributed by atoms with Gasteiger partial charge in [0.05, 0.1) is 6.20 Å². The summed E-state index contributed by atoms with van der Waals surface area (Å²) in [5, 5.41) is 12.7. The van der Waals surface area contributed by atoms with Crippen molar-refractivity contribution in [1.29, 1.82) is 0 Å². The summed E-state index contributed by atoms with van der Waals surface area (Å²) in [5.74, 6) is 0.308. The molecule has 1 saturated heterocycles. The van der Waals surface area contributed by atoms with Crippen molar-refractivity contribution < 1.29 is 9.90 Å². The molecule has 0 saturated carbocycles. The number of carboxylic acids is 1. The third-order valence-electron chi connectivity index (χ3n) is 2.63. The van der Waals surface area contributed by atoms with Gasteiger partial charge in [0.1, 0.15) is 4.88 Å². The van der Waals surface area contributed by atoms with Crippen molar-refractivity contribution in [2.24, 2.45) is 0 Å². The zero-order valence-corrected chi connectivity index (χ0v) is 10.7. The predicted octanol–water partition coefficient (Wildman–Crippen LogP) is 2.54. The highest BCUT2D eigenvalue weighted by Gasteiger charge is 2.29. The fraction of sp³-hybridized carbons (Fsp3) is 0.600. The van der Waals surface area contributed by atoms with Crippen LogP contribution in [0, 0.1) is 0 Å². The zero-order chi connectivity index (χ0) is 11.6. The third-order valence-corrected chi connectivity index (χ3v) is 5.11. The molecule has 0 aliphatic carbocycles. The summed E-state index contributed by atoms with van der Waals surface area (Å²) in [6.07, 6.45) is 3.88. The number of anilines is 1. The first-order valence-corrected chi connectivity index (χ1v) is 6.96. The minimum absolute atomic E-state index is 0.273. The maximum atomic E-state index is 10.7. The molecule has 4 nitrogen and oxygen atoms in total. The van der Waals surface area contributed by atoms with Gasteiger partial charge in [-0.2, -0.15) is 11.8 Å². The molecule has 6 heteroatoms. The number of aromatic nitrogens is 1. The Bertz CT molecular complexity index is 386. The quantitative estimate of drug-likeness (QED) is 0.869. The SMILES string of the molecule is CC1(CNc2ncc(C(=O)O)s2)CCCS1. The number of carboxylic acid groups (broad SMARTS) is 1. The molecule has 0 bridgehead atoms. The number of thioether (sulfide) groups is 1. The van der Waals surface area contributed by atoms with E-state index in [0.29, 0.717) is 5.13 Å². The minimum atomic E-state index is -0.910. The molecule has 2 heterocycles. The van der Waals surface area contributed by atoms with Crippen LogP contribution in [0.5, 0.6) is 0 Å². The van der Waals surface area contributed by atoms with Crippen LogP contribution < -0.4 is 5.32 Å². The van der Waals surface area contributed by atoms with Gasteiger partial charge in [-0.05, 0) is 25.5 Å². The monoisotopic (exact) mass is 258 g/mol. The molecule has 88 valence electrons. The Morgan fingerprint density at radius 1 is 1.75 bits per heavy atom. The van der Waals surface area contributed by atoms with Gasteiger partial charge in [0, 0.05) is 11.3 Å². The molecule has 0 amide bonds. The van der Waals surface area contributed by atoms with Crippen LogP contribution >= 0.6 is 23.1 Å². The van der Waals surface area contributed by atoms with Gasteiger partial charge in [-0.25, -0.2) is 9.78 Å². The van der Waals surface area contributed by atoms with Crippen LogP contribution in [-0.2, 0) is 0 Å². The van der Waals surface area contributed by atoms with E-state index in [9.17, 15) is 4.79 Å². The lowest BCUT2D eigenvalue weighted by atomic mass is 10.1. The van der Waals surface area contributed by atoms with Gasteiger partial charge in [0.25, 0.3) is 0 Å². The van der Waals surface area contributed by atoms with Crippen LogP contribution in [0.1, 0.15) is 29.4 Å². The van der Waals surface area contributed by atoms with E-state index in [4.69, 9.17) is 5.11 Å². The van der Waals surface area contributed by atoms with E-state index in [1.165, 1.54) is 36.1 Å². The largest absolute Gasteiger partial charge is 0.477 e. The van der Waals surface area contributed by atoms with Crippen LogP contribution in [0.2, 0.25) is 0 Å². The highest BCUT2D eigenvalue weighted by atomic mass is 32.2. The zero-order valence-electron chi connectivity index (χ0n) is 9.02. The summed E-state index contributed by atoms with van der Waals surface area (Å²) in [7, 11) is 0. The number of hydrogen-bond donors (Lipinski definition) is 2. The summed E-state index contributed by atoms with van der Waals surface area (Å²) >= 11 is 3.17. The number of rotatable bonds is 4. The van der Waals surface area contributed by atoms with Gasteiger partial charge in [0.15, 0.2) is 5.13 Å². The second-order valence-corrected chi connectivity index (χ2v) is 6.80. The lowest BCUT2D eigenvalue weighted by Crippen LogP contribution is -2.26. The number of aromatic carboxylic acids is 1. The van der Waals surface area contributed by atoms with E-state index in [1.54, 1.807) is 0 Å². The van der Waals surface area contributed by atoms with Crippen molar-refractivity contribution in [3.8, 4) is 0 Å². The topological polar surface area (TPSA) is 62.2 Å². The molecular weight excluding hydrogens is 244 g/mol.